The number of furan rings is 1. The predicted molar refractivity (Wildman–Crippen MR) is 81.8 cm³/mol. The summed E-state index contributed by atoms with van der Waals surface area (Å²) in [5.74, 6) is 1.04. The van der Waals surface area contributed by atoms with Gasteiger partial charge >= 0.3 is 0 Å². The molecular weight excluding hydrogens is 252 g/mol. The second-order valence-electron chi connectivity index (χ2n) is 4.96. The fourth-order valence-corrected chi connectivity index (χ4v) is 2.34. The number of rotatable bonds is 8. The minimum atomic E-state index is 0.759. The van der Waals surface area contributed by atoms with Gasteiger partial charge in [0.1, 0.15) is 11.3 Å². The number of hydrogen-bond donors (Lipinski definition) is 1. The van der Waals surface area contributed by atoms with Crippen LogP contribution in [0, 0.1) is 0 Å². The first-order chi connectivity index (χ1) is 9.76. The lowest BCUT2D eigenvalue weighted by molar-refractivity contribution is 0.118. The fourth-order valence-electron chi connectivity index (χ4n) is 2.34. The molecule has 4 heteroatoms. The Kier molecular flexibility index (Phi) is 5.59. The Morgan fingerprint density at radius 3 is 2.85 bits per heavy atom. The summed E-state index contributed by atoms with van der Waals surface area (Å²) in [6.45, 7) is 6.08. The van der Waals surface area contributed by atoms with Crippen molar-refractivity contribution in [1.82, 2.24) is 10.2 Å². The van der Waals surface area contributed by atoms with Crippen LogP contribution < -0.4 is 5.32 Å². The van der Waals surface area contributed by atoms with E-state index in [1.54, 1.807) is 0 Å². The summed E-state index contributed by atoms with van der Waals surface area (Å²) in [7, 11) is 4.06. The molecule has 0 spiro atoms. The van der Waals surface area contributed by atoms with E-state index >= 15 is 0 Å². The van der Waals surface area contributed by atoms with Gasteiger partial charge in [-0.05, 0) is 27.1 Å². The fraction of sp³-hybridized carbons (Fsp3) is 0.500. The first kappa shape index (κ1) is 15.0. The van der Waals surface area contributed by atoms with Crippen LogP contribution in [0.5, 0.6) is 0 Å². The van der Waals surface area contributed by atoms with Gasteiger partial charge in [-0.25, -0.2) is 0 Å². The maximum absolute atomic E-state index is 6.01. The van der Waals surface area contributed by atoms with E-state index in [0.29, 0.717) is 0 Å². The first-order valence-corrected chi connectivity index (χ1v) is 7.16. The van der Waals surface area contributed by atoms with Crippen LogP contribution >= 0.6 is 0 Å². The summed E-state index contributed by atoms with van der Waals surface area (Å²) in [4.78, 5) is 2.23. The standard InChI is InChI=1S/C16H24N2O2/c1-4-19-10-9-18(3)12-16-14(11-17-2)13-7-5-6-8-15(13)20-16/h5-8,17H,4,9-12H2,1-3H3. The van der Waals surface area contributed by atoms with E-state index in [4.69, 9.17) is 9.15 Å². The van der Waals surface area contributed by atoms with Gasteiger partial charge < -0.3 is 14.5 Å². The lowest BCUT2D eigenvalue weighted by Gasteiger charge is -2.15. The van der Waals surface area contributed by atoms with E-state index in [9.17, 15) is 0 Å². The maximum atomic E-state index is 6.01. The Morgan fingerprint density at radius 2 is 2.10 bits per heavy atom. The molecule has 0 aliphatic carbocycles. The molecule has 0 unspecified atom stereocenters. The van der Waals surface area contributed by atoms with Crippen LogP contribution in [0.25, 0.3) is 11.0 Å². The third kappa shape index (κ3) is 3.60. The minimum absolute atomic E-state index is 0.759. The van der Waals surface area contributed by atoms with Gasteiger partial charge in [-0.15, -0.1) is 0 Å². The van der Waals surface area contributed by atoms with Crippen LogP contribution in [-0.4, -0.2) is 38.8 Å². The summed E-state index contributed by atoms with van der Waals surface area (Å²) >= 11 is 0. The number of fused-ring (bicyclic) bond motifs is 1. The molecule has 0 aliphatic rings. The molecule has 0 saturated heterocycles. The highest BCUT2D eigenvalue weighted by Gasteiger charge is 2.14. The van der Waals surface area contributed by atoms with Gasteiger partial charge in [-0.3, -0.25) is 4.90 Å². The van der Waals surface area contributed by atoms with Crippen LogP contribution in [0.2, 0.25) is 0 Å². The highest BCUT2D eigenvalue weighted by atomic mass is 16.5. The number of hydrogen-bond acceptors (Lipinski definition) is 4. The van der Waals surface area contributed by atoms with E-state index < -0.39 is 0 Å². The Bertz CT molecular complexity index is 536. The molecule has 0 aliphatic heterocycles. The van der Waals surface area contributed by atoms with Gasteiger partial charge in [0, 0.05) is 30.6 Å². The van der Waals surface area contributed by atoms with Gasteiger partial charge in [0.25, 0.3) is 0 Å². The number of para-hydroxylation sites is 1. The van der Waals surface area contributed by atoms with Crippen molar-refractivity contribution in [3.05, 3.63) is 35.6 Å². The van der Waals surface area contributed by atoms with Crippen LogP contribution in [0.1, 0.15) is 18.2 Å². The van der Waals surface area contributed by atoms with Crippen LogP contribution in [0.15, 0.2) is 28.7 Å². The van der Waals surface area contributed by atoms with Crippen molar-refractivity contribution in [2.24, 2.45) is 0 Å². The highest BCUT2D eigenvalue weighted by molar-refractivity contribution is 5.82. The third-order valence-electron chi connectivity index (χ3n) is 3.37. The molecule has 0 radical (unpaired) electrons. The van der Waals surface area contributed by atoms with Crippen molar-refractivity contribution in [3.63, 3.8) is 0 Å². The smallest absolute Gasteiger partial charge is 0.134 e. The molecule has 1 aromatic carbocycles. The lowest BCUT2D eigenvalue weighted by Crippen LogP contribution is -2.23. The van der Waals surface area contributed by atoms with Crippen LogP contribution in [-0.2, 0) is 17.8 Å². The molecule has 2 aromatic rings. The zero-order valence-electron chi connectivity index (χ0n) is 12.6. The van der Waals surface area contributed by atoms with Crippen LogP contribution in [0.4, 0.5) is 0 Å². The second kappa shape index (κ2) is 7.43. The molecule has 1 aromatic heterocycles. The molecule has 0 bridgehead atoms. The number of ether oxygens (including phenoxy) is 1. The van der Waals surface area contributed by atoms with Crippen molar-refractivity contribution in [3.8, 4) is 0 Å². The quantitative estimate of drug-likeness (QED) is 0.752. The number of nitrogens with one attached hydrogen (secondary N) is 1. The summed E-state index contributed by atoms with van der Waals surface area (Å²) in [6.07, 6.45) is 0. The van der Waals surface area contributed by atoms with E-state index in [1.165, 1.54) is 10.9 Å². The second-order valence-corrected chi connectivity index (χ2v) is 4.96. The van der Waals surface area contributed by atoms with E-state index in [-0.39, 0.29) is 0 Å². The van der Waals surface area contributed by atoms with Crippen molar-refractivity contribution in [2.75, 3.05) is 33.9 Å². The zero-order chi connectivity index (χ0) is 14.4. The zero-order valence-corrected chi connectivity index (χ0v) is 12.6. The highest BCUT2D eigenvalue weighted by Crippen LogP contribution is 2.26. The van der Waals surface area contributed by atoms with Crippen molar-refractivity contribution < 1.29 is 9.15 Å². The SMILES string of the molecule is CCOCCN(C)Cc1oc2ccccc2c1CNC. The predicted octanol–water partition coefficient (Wildman–Crippen LogP) is 2.62. The maximum Gasteiger partial charge on any atom is 0.134 e. The van der Waals surface area contributed by atoms with Gasteiger partial charge in [0.05, 0.1) is 13.2 Å². The number of nitrogens with zero attached hydrogens (tertiary/aromatic N) is 1. The number of benzene rings is 1. The average Bonchev–Trinajstić information content (AvgIpc) is 2.78. The summed E-state index contributed by atoms with van der Waals surface area (Å²) in [6, 6.07) is 8.21. The molecule has 0 amide bonds. The third-order valence-corrected chi connectivity index (χ3v) is 3.37. The molecule has 20 heavy (non-hydrogen) atoms. The molecule has 1 heterocycles. The summed E-state index contributed by atoms with van der Waals surface area (Å²) in [5.41, 5.74) is 2.22. The van der Waals surface area contributed by atoms with Gasteiger partial charge in [0.2, 0.25) is 0 Å². The summed E-state index contributed by atoms with van der Waals surface area (Å²) < 4.78 is 11.4. The molecule has 2 rings (SSSR count). The normalized spacial score (nSPS) is 11.6. The average molecular weight is 276 g/mol. The Morgan fingerprint density at radius 1 is 1.30 bits per heavy atom. The van der Waals surface area contributed by atoms with E-state index in [0.717, 1.165) is 44.2 Å². The molecular formula is C16H24N2O2. The monoisotopic (exact) mass is 276 g/mol. The van der Waals surface area contributed by atoms with Gasteiger partial charge in [0.15, 0.2) is 0 Å². The van der Waals surface area contributed by atoms with Gasteiger partial charge in [-0.2, -0.15) is 0 Å². The van der Waals surface area contributed by atoms with Gasteiger partial charge in [-0.1, -0.05) is 18.2 Å². The number of likely N-dealkylation sites (N-methyl/N-ethyl adjacent to an activating group) is 1. The molecule has 0 atom stereocenters. The first-order valence-electron chi connectivity index (χ1n) is 7.16. The van der Waals surface area contributed by atoms with E-state index in [2.05, 4.69) is 29.4 Å². The Labute approximate surface area is 120 Å². The minimum Gasteiger partial charge on any atom is -0.459 e. The van der Waals surface area contributed by atoms with Crippen molar-refractivity contribution >= 4 is 11.0 Å². The Hall–Kier alpha value is -1.36. The van der Waals surface area contributed by atoms with Crippen molar-refractivity contribution in [2.45, 2.75) is 20.0 Å². The summed E-state index contributed by atoms with van der Waals surface area (Å²) in [5, 5.41) is 4.43. The molecule has 110 valence electrons. The van der Waals surface area contributed by atoms with Crippen LogP contribution in [0.3, 0.4) is 0 Å². The Balaban J connectivity index is 2.13. The molecule has 0 fully saturated rings. The topological polar surface area (TPSA) is 37.6 Å². The molecule has 4 nitrogen and oxygen atoms in total. The largest absolute Gasteiger partial charge is 0.459 e. The van der Waals surface area contributed by atoms with Crippen molar-refractivity contribution in [1.29, 1.82) is 0 Å². The molecule has 0 saturated carbocycles. The molecule has 1 N–H and O–H groups in total. The lowest BCUT2D eigenvalue weighted by atomic mass is 10.1. The van der Waals surface area contributed by atoms with E-state index in [1.807, 2.05) is 26.1 Å².